The molecule has 0 bridgehead atoms. The number of para-hydroxylation sites is 1. The second-order valence-electron chi connectivity index (χ2n) is 8.23. The standard InChI is InChI=1S/C22H25N3O8/c26-11-17-19(27)20(28)22(30,21(29)32-17)33-16-3-1-2-14-18(16)25(24-23-14)8-6-12-4-5-15-13(10-12)7-9-31-15/h1-5,10,17,19-21,26-30H,6-9,11H2/t17-,19-,20+,21-,22+/m1/s1. The van der Waals surface area contributed by atoms with Crippen LogP contribution >= 0.6 is 0 Å². The first-order valence-electron chi connectivity index (χ1n) is 10.7. The van der Waals surface area contributed by atoms with Crippen molar-refractivity contribution >= 4 is 11.0 Å². The highest BCUT2D eigenvalue weighted by molar-refractivity contribution is 5.81. The molecule has 2 aliphatic rings. The van der Waals surface area contributed by atoms with Gasteiger partial charge < -0.3 is 39.7 Å². The first kappa shape index (κ1) is 22.0. The molecule has 176 valence electrons. The molecule has 11 heteroatoms. The summed E-state index contributed by atoms with van der Waals surface area (Å²) in [4.78, 5) is 0. The fourth-order valence-corrected chi connectivity index (χ4v) is 4.24. The minimum atomic E-state index is -2.69. The number of hydrogen-bond donors (Lipinski definition) is 5. The molecule has 5 N–H and O–H groups in total. The van der Waals surface area contributed by atoms with Crippen LogP contribution in [-0.4, -0.2) is 84.1 Å². The number of aryl methyl sites for hydroxylation is 2. The quantitative estimate of drug-likeness (QED) is 0.293. The number of aliphatic hydroxyl groups is 5. The van der Waals surface area contributed by atoms with Crippen LogP contribution in [-0.2, 0) is 24.1 Å². The topological polar surface area (TPSA) is 160 Å². The third kappa shape index (κ3) is 3.82. The van der Waals surface area contributed by atoms with Gasteiger partial charge in [-0.3, -0.25) is 0 Å². The van der Waals surface area contributed by atoms with Crippen molar-refractivity contribution in [3.8, 4) is 11.5 Å². The minimum Gasteiger partial charge on any atom is -0.493 e. The maximum atomic E-state index is 10.9. The molecule has 5 atom stereocenters. The molecule has 1 fully saturated rings. The molecule has 5 rings (SSSR count). The van der Waals surface area contributed by atoms with Gasteiger partial charge in [0.15, 0.2) is 11.9 Å². The van der Waals surface area contributed by atoms with Gasteiger partial charge in [0.25, 0.3) is 5.79 Å². The Balaban J connectivity index is 1.41. The van der Waals surface area contributed by atoms with E-state index in [-0.39, 0.29) is 5.75 Å². The van der Waals surface area contributed by atoms with Crippen molar-refractivity contribution in [1.29, 1.82) is 0 Å². The van der Waals surface area contributed by atoms with Crippen LogP contribution in [0.2, 0.25) is 0 Å². The predicted octanol–water partition coefficient (Wildman–Crippen LogP) is -0.892. The number of aromatic nitrogens is 3. The second-order valence-corrected chi connectivity index (χ2v) is 8.23. The van der Waals surface area contributed by atoms with Crippen molar-refractivity contribution < 1.29 is 39.7 Å². The summed E-state index contributed by atoms with van der Waals surface area (Å²) in [6, 6.07) is 10.9. The van der Waals surface area contributed by atoms with E-state index < -0.39 is 37.0 Å². The van der Waals surface area contributed by atoms with E-state index in [9.17, 15) is 25.5 Å². The van der Waals surface area contributed by atoms with E-state index in [1.54, 1.807) is 16.8 Å². The molecular formula is C22H25N3O8. The highest BCUT2D eigenvalue weighted by Gasteiger charge is 2.57. The van der Waals surface area contributed by atoms with Gasteiger partial charge in [-0.2, -0.15) is 0 Å². The first-order valence-corrected chi connectivity index (χ1v) is 10.7. The van der Waals surface area contributed by atoms with Gasteiger partial charge in [0.05, 0.1) is 13.2 Å². The van der Waals surface area contributed by atoms with Crippen LogP contribution in [0.25, 0.3) is 11.0 Å². The molecule has 0 saturated carbocycles. The lowest BCUT2D eigenvalue weighted by Gasteiger charge is -2.45. The molecule has 0 unspecified atom stereocenters. The fourth-order valence-electron chi connectivity index (χ4n) is 4.24. The molecule has 2 aromatic carbocycles. The second kappa shape index (κ2) is 8.52. The Kier molecular flexibility index (Phi) is 5.69. The number of benzene rings is 2. The van der Waals surface area contributed by atoms with Gasteiger partial charge in [0.2, 0.25) is 6.29 Å². The summed E-state index contributed by atoms with van der Waals surface area (Å²) in [7, 11) is 0. The van der Waals surface area contributed by atoms with Gasteiger partial charge in [0, 0.05) is 13.0 Å². The highest BCUT2D eigenvalue weighted by atomic mass is 16.7. The van der Waals surface area contributed by atoms with Gasteiger partial charge in [-0.05, 0) is 35.7 Å². The van der Waals surface area contributed by atoms with Crippen molar-refractivity contribution in [2.45, 2.75) is 49.8 Å². The minimum absolute atomic E-state index is 0.0821. The highest BCUT2D eigenvalue weighted by Crippen LogP contribution is 2.34. The van der Waals surface area contributed by atoms with Gasteiger partial charge in [-0.1, -0.05) is 23.4 Å². The van der Waals surface area contributed by atoms with Crippen molar-refractivity contribution in [3.05, 3.63) is 47.5 Å². The summed E-state index contributed by atoms with van der Waals surface area (Å²) < 4.78 is 17.8. The fraction of sp³-hybridized carbons (Fsp3) is 0.455. The Bertz CT molecular complexity index is 1150. The zero-order chi connectivity index (χ0) is 23.2. The van der Waals surface area contributed by atoms with Gasteiger partial charge >= 0.3 is 0 Å². The van der Waals surface area contributed by atoms with Crippen LogP contribution in [0, 0.1) is 0 Å². The Morgan fingerprint density at radius 2 is 2.03 bits per heavy atom. The maximum Gasteiger partial charge on any atom is 0.288 e. The molecule has 0 amide bonds. The average molecular weight is 459 g/mol. The Labute approximate surface area is 188 Å². The lowest BCUT2D eigenvalue weighted by molar-refractivity contribution is -0.385. The van der Waals surface area contributed by atoms with E-state index in [0.29, 0.717) is 30.6 Å². The molecule has 3 aromatic rings. The molecule has 3 heterocycles. The Morgan fingerprint density at radius 3 is 2.85 bits per heavy atom. The van der Waals surface area contributed by atoms with Crippen LogP contribution < -0.4 is 9.47 Å². The normalized spacial score (nSPS) is 29.1. The summed E-state index contributed by atoms with van der Waals surface area (Å²) >= 11 is 0. The molecular weight excluding hydrogens is 434 g/mol. The Hall–Kier alpha value is -2.80. The molecule has 0 aliphatic carbocycles. The third-order valence-corrected chi connectivity index (χ3v) is 6.10. The van der Waals surface area contributed by atoms with Gasteiger partial charge in [-0.25, -0.2) is 4.68 Å². The van der Waals surface area contributed by atoms with E-state index in [0.717, 1.165) is 17.7 Å². The molecule has 11 nitrogen and oxygen atoms in total. The number of ether oxygens (including phenoxy) is 3. The lowest BCUT2D eigenvalue weighted by Crippen LogP contribution is -2.69. The molecule has 0 spiro atoms. The molecule has 0 radical (unpaired) electrons. The van der Waals surface area contributed by atoms with Crippen molar-refractivity contribution in [2.24, 2.45) is 0 Å². The van der Waals surface area contributed by atoms with E-state index in [4.69, 9.17) is 14.2 Å². The third-order valence-electron chi connectivity index (χ3n) is 6.10. The van der Waals surface area contributed by atoms with Crippen molar-refractivity contribution in [1.82, 2.24) is 15.0 Å². The summed E-state index contributed by atoms with van der Waals surface area (Å²) in [5.41, 5.74) is 3.19. The number of aliphatic hydroxyl groups excluding tert-OH is 4. The van der Waals surface area contributed by atoms with Crippen molar-refractivity contribution in [2.75, 3.05) is 13.2 Å². The average Bonchev–Trinajstić information content (AvgIpc) is 3.46. The zero-order valence-corrected chi connectivity index (χ0v) is 17.6. The van der Waals surface area contributed by atoms with E-state index in [1.165, 1.54) is 11.6 Å². The summed E-state index contributed by atoms with van der Waals surface area (Å²) in [6.07, 6.45) is -5.42. The summed E-state index contributed by atoms with van der Waals surface area (Å²) in [5, 5.41) is 59.3. The lowest BCUT2D eigenvalue weighted by atomic mass is 9.96. The number of hydrogen-bond acceptors (Lipinski definition) is 10. The van der Waals surface area contributed by atoms with Crippen LogP contribution in [0.1, 0.15) is 11.1 Å². The van der Waals surface area contributed by atoms with Gasteiger partial charge in [0.1, 0.15) is 29.0 Å². The summed E-state index contributed by atoms with van der Waals surface area (Å²) in [6.45, 7) is 0.476. The van der Waals surface area contributed by atoms with E-state index in [2.05, 4.69) is 16.4 Å². The Morgan fingerprint density at radius 1 is 1.18 bits per heavy atom. The maximum absolute atomic E-state index is 10.9. The van der Waals surface area contributed by atoms with Crippen LogP contribution in [0.5, 0.6) is 11.5 Å². The molecule has 1 aromatic heterocycles. The van der Waals surface area contributed by atoms with E-state index in [1.807, 2.05) is 12.1 Å². The van der Waals surface area contributed by atoms with Crippen LogP contribution in [0.3, 0.4) is 0 Å². The number of rotatable bonds is 6. The predicted molar refractivity (Wildman–Crippen MR) is 112 cm³/mol. The van der Waals surface area contributed by atoms with E-state index >= 15 is 0 Å². The molecule has 33 heavy (non-hydrogen) atoms. The smallest absolute Gasteiger partial charge is 0.288 e. The SMILES string of the molecule is OC[C@H]1O[C@@H](O)[C@@](O)(Oc2cccc3nnn(CCc4ccc5c(c4)CCO5)c23)[C@@H](O)[C@@H]1O. The van der Waals surface area contributed by atoms with Gasteiger partial charge in [-0.15, -0.1) is 5.10 Å². The number of nitrogens with zero attached hydrogens (tertiary/aromatic N) is 3. The molecule has 1 saturated heterocycles. The summed E-state index contributed by atoms with van der Waals surface area (Å²) in [5.74, 6) is -1.70. The first-order chi connectivity index (χ1) is 15.9. The largest absolute Gasteiger partial charge is 0.493 e. The van der Waals surface area contributed by atoms with Crippen LogP contribution in [0.15, 0.2) is 36.4 Å². The van der Waals surface area contributed by atoms with Crippen molar-refractivity contribution in [3.63, 3.8) is 0 Å². The molecule has 2 aliphatic heterocycles. The van der Waals surface area contributed by atoms with Crippen LogP contribution in [0.4, 0.5) is 0 Å². The monoisotopic (exact) mass is 459 g/mol. The zero-order valence-electron chi connectivity index (χ0n) is 17.6. The number of fused-ring (bicyclic) bond motifs is 2.